The Morgan fingerprint density at radius 2 is 1.53 bits per heavy atom. The lowest BCUT2D eigenvalue weighted by atomic mass is 10.2. The summed E-state index contributed by atoms with van der Waals surface area (Å²) in [5.74, 6) is -0.692. The smallest absolute Gasteiger partial charge is 0.303 e. The number of aliphatic hydroxyl groups is 1. The Hall–Kier alpha value is -0.650. The number of rotatable bonds is 8. The van der Waals surface area contributed by atoms with Gasteiger partial charge in [0.2, 0.25) is 0 Å². The van der Waals surface area contributed by atoms with Gasteiger partial charge in [0, 0.05) is 39.1 Å². The Bertz CT molecular complexity index is 216. The molecule has 1 fully saturated rings. The Kier molecular flexibility index (Phi) is 7.16. The number of nitrogens with zero attached hydrogens (tertiary/aromatic N) is 2. The van der Waals surface area contributed by atoms with Crippen LogP contribution in [0.5, 0.6) is 0 Å². The summed E-state index contributed by atoms with van der Waals surface area (Å²) >= 11 is 0. The minimum atomic E-state index is -0.692. The molecule has 0 aromatic rings. The fraction of sp³-hybridized carbons (Fsp3) is 0.917. The Balaban J connectivity index is 1.97. The minimum absolute atomic E-state index is 0.245. The normalized spacial score (nSPS) is 18.4. The van der Waals surface area contributed by atoms with Gasteiger partial charge in [0.1, 0.15) is 0 Å². The predicted octanol–water partition coefficient (Wildman–Crippen LogP) is 0.241. The molecule has 5 nitrogen and oxygen atoms in total. The van der Waals surface area contributed by atoms with Gasteiger partial charge in [-0.05, 0) is 19.4 Å². The molecular formula is C12H24N2O3. The van der Waals surface area contributed by atoms with Gasteiger partial charge in [0.25, 0.3) is 0 Å². The van der Waals surface area contributed by atoms with E-state index in [4.69, 9.17) is 10.2 Å². The summed E-state index contributed by atoms with van der Waals surface area (Å²) < 4.78 is 0. The number of carboxylic acid groups (broad SMARTS) is 1. The molecule has 5 heteroatoms. The Morgan fingerprint density at radius 1 is 0.941 bits per heavy atom. The fourth-order valence-electron chi connectivity index (χ4n) is 2.17. The summed E-state index contributed by atoms with van der Waals surface area (Å²) in [5, 5.41) is 17.3. The number of aliphatic carboxylic acids is 1. The first-order valence-electron chi connectivity index (χ1n) is 6.49. The van der Waals surface area contributed by atoms with Gasteiger partial charge < -0.3 is 15.1 Å². The third-order valence-corrected chi connectivity index (χ3v) is 3.25. The zero-order chi connectivity index (χ0) is 12.5. The molecule has 0 saturated carbocycles. The van der Waals surface area contributed by atoms with E-state index in [9.17, 15) is 4.79 Å². The number of hydrogen-bond donors (Lipinski definition) is 2. The van der Waals surface area contributed by atoms with Gasteiger partial charge in [-0.1, -0.05) is 6.42 Å². The quantitative estimate of drug-likeness (QED) is 0.599. The molecule has 2 N–H and O–H groups in total. The maximum atomic E-state index is 10.3. The van der Waals surface area contributed by atoms with Gasteiger partial charge in [-0.3, -0.25) is 9.69 Å². The van der Waals surface area contributed by atoms with E-state index < -0.39 is 5.97 Å². The highest BCUT2D eigenvalue weighted by molar-refractivity contribution is 5.66. The van der Waals surface area contributed by atoms with Crippen molar-refractivity contribution in [1.82, 2.24) is 9.80 Å². The first-order valence-corrected chi connectivity index (χ1v) is 6.49. The summed E-state index contributed by atoms with van der Waals surface area (Å²) in [5.41, 5.74) is 0. The number of unbranched alkanes of at least 4 members (excludes halogenated alkanes) is 2. The zero-order valence-corrected chi connectivity index (χ0v) is 10.5. The molecule has 0 aromatic carbocycles. The average molecular weight is 244 g/mol. The van der Waals surface area contributed by atoms with E-state index in [1.165, 1.54) is 0 Å². The molecule has 100 valence electrons. The van der Waals surface area contributed by atoms with Crippen LogP contribution in [0.1, 0.15) is 25.7 Å². The van der Waals surface area contributed by atoms with Crippen LogP contribution in [-0.4, -0.2) is 71.9 Å². The van der Waals surface area contributed by atoms with Crippen molar-refractivity contribution in [3.63, 3.8) is 0 Å². The summed E-state index contributed by atoms with van der Waals surface area (Å²) in [6.45, 7) is 6.32. The molecule has 0 bridgehead atoms. The van der Waals surface area contributed by atoms with Crippen LogP contribution in [0.2, 0.25) is 0 Å². The largest absolute Gasteiger partial charge is 0.481 e. The molecule has 1 aliphatic heterocycles. The van der Waals surface area contributed by atoms with E-state index >= 15 is 0 Å². The number of carbonyl (C=O) groups is 1. The van der Waals surface area contributed by atoms with Gasteiger partial charge in [-0.25, -0.2) is 0 Å². The standard InChI is InChI=1S/C12H24N2O3/c15-11-10-14-8-6-13(7-9-14)5-3-1-2-4-12(16)17/h15H,1-11H2,(H,16,17). The highest BCUT2D eigenvalue weighted by Crippen LogP contribution is 2.05. The van der Waals surface area contributed by atoms with E-state index in [2.05, 4.69) is 9.80 Å². The molecule has 1 heterocycles. The lowest BCUT2D eigenvalue weighted by Gasteiger charge is -2.34. The Labute approximate surface area is 103 Å². The summed E-state index contributed by atoms with van der Waals surface area (Å²) in [7, 11) is 0. The molecule has 0 spiro atoms. The maximum Gasteiger partial charge on any atom is 0.303 e. The summed E-state index contributed by atoms with van der Waals surface area (Å²) in [4.78, 5) is 15.0. The average Bonchev–Trinajstić information content (AvgIpc) is 2.31. The van der Waals surface area contributed by atoms with Crippen molar-refractivity contribution >= 4 is 5.97 Å². The molecule has 0 atom stereocenters. The molecule has 0 radical (unpaired) electrons. The lowest BCUT2D eigenvalue weighted by molar-refractivity contribution is -0.137. The van der Waals surface area contributed by atoms with Crippen molar-refractivity contribution in [2.75, 3.05) is 45.9 Å². The van der Waals surface area contributed by atoms with Gasteiger partial charge in [-0.15, -0.1) is 0 Å². The van der Waals surface area contributed by atoms with Crippen LogP contribution in [0.25, 0.3) is 0 Å². The van der Waals surface area contributed by atoms with Crippen molar-refractivity contribution in [3.05, 3.63) is 0 Å². The van der Waals surface area contributed by atoms with Crippen LogP contribution in [0.4, 0.5) is 0 Å². The first kappa shape index (κ1) is 14.4. The molecule has 0 unspecified atom stereocenters. The van der Waals surface area contributed by atoms with Crippen LogP contribution in [-0.2, 0) is 4.79 Å². The number of hydrogen-bond acceptors (Lipinski definition) is 4. The fourth-order valence-corrected chi connectivity index (χ4v) is 2.17. The third kappa shape index (κ3) is 6.61. The molecular weight excluding hydrogens is 220 g/mol. The Morgan fingerprint density at radius 3 is 2.06 bits per heavy atom. The highest BCUT2D eigenvalue weighted by atomic mass is 16.4. The van der Waals surface area contributed by atoms with E-state index in [-0.39, 0.29) is 6.61 Å². The SMILES string of the molecule is O=C(O)CCCCCN1CCN(CCO)CC1. The van der Waals surface area contributed by atoms with E-state index in [1.54, 1.807) is 0 Å². The van der Waals surface area contributed by atoms with Gasteiger partial charge in [0.15, 0.2) is 0 Å². The third-order valence-electron chi connectivity index (χ3n) is 3.25. The first-order chi connectivity index (χ1) is 8.22. The van der Waals surface area contributed by atoms with Crippen LogP contribution < -0.4 is 0 Å². The number of carboxylic acids is 1. The molecule has 1 saturated heterocycles. The maximum absolute atomic E-state index is 10.3. The monoisotopic (exact) mass is 244 g/mol. The van der Waals surface area contributed by atoms with Crippen molar-refractivity contribution in [3.8, 4) is 0 Å². The molecule has 0 amide bonds. The zero-order valence-electron chi connectivity index (χ0n) is 10.5. The van der Waals surface area contributed by atoms with Crippen molar-refractivity contribution in [2.45, 2.75) is 25.7 Å². The highest BCUT2D eigenvalue weighted by Gasteiger charge is 2.15. The number of β-amino-alcohol motifs (C(OH)–C–C–N with tert-alkyl or cyclic N) is 1. The molecule has 1 aliphatic rings. The summed E-state index contributed by atoms with van der Waals surface area (Å²) in [6, 6.07) is 0. The van der Waals surface area contributed by atoms with Crippen LogP contribution in [0.3, 0.4) is 0 Å². The van der Waals surface area contributed by atoms with Crippen molar-refractivity contribution in [2.24, 2.45) is 0 Å². The molecule has 17 heavy (non-hydrogen) atoms. The summed E-state index contributed by atoms with van der Waals surface area (Å²) in [6.07, 6.45) is 3.18. The lowest BCUT2D eigenvalue weighted by Crippen LogP contribution is -2.47. The van der Waals surface area contributed by atoms with Gasteiger partial charge >= 0.3 is 5.97 Å². The van der Waals surface area contributed by atoms with Crippen LogP contribution in [0.15, 0.2) is 0 Å². The second kappa shape index (κ2) is 8.44. The van der Waals surface area contributed by atoms with Crippen molar-refractivity contribution < 1.29 is 15.0 Å². The van der Waals surface area contributed by atoms with E-state index in [1.807, 2.05) is 0 Å². The van der Waals surface area contributed by atoms with Gasteiger partial charge in [0.05, 0.1) is 6.61 Å². The molecule has 0 aliphatic carbocycles. The van der Waals surface area contributed by atoms with E-state index in [0.29, 0.717) is 6.42 Å². The second-order valence-electron chi connectivity index (χ2n) is 4.61. The number of aliphatic hydroxyl groups excluding tert-OH is 1. The molecule has 0 aromatic heterocycles. The van der Waals surface area contributed by atoms with Crippen molar-refractivity contribution in [1.29, 1.82) is 0 Å². The topological polar surface area (TPSA) is 64.0 Å². The van der Waals surface area contributed by atoms with Gasteiger partial charge in [-0.2, -0.15) is 0 Å². The van der Waals surface area contributed by atoms with E-state index in [0.717, 1.165) is 58.5 Å². The van der Waals surface area contributed by atoms with Crippen LogP contribution in [0, 0.1) is 0 Å². The predicted molar refractivity (Wildman–Crippen MR) is 66.1 cm³/mol. The molecule has 1 rings (SSSR count). The minimum Gasteiger partial charge on any atom is -0.481 e. The second-order valence-corrected chi connectivity index (χ2v) is 4.61. The van der Waals surface area contributed by atoms with Crippen LogP contribution >= 0.6 is 0 Å². The number of piperazine rings is 1.